The number of Topliss-reactive ketones (excluding diaryl/α,β-unsaturated/α-hetero) is 1. The van der Waals surface area contributed by atoms with E-state index in [4.69, 9.17) is 0 Å². The number of fused-ring (bicyclic) bond motifs is 1. The summed E-state index contributed by atoms with van der Waals surface area (Å²) in [4.78, 5) is 23.6. The predicted octanol–water partition coefficient (Wildman–Crippen LogP) is 7.17. The van der Waals surface area contributed by atoms with E-state index < -0.39 is 11.7 Å². The zero-order valence-corrected chi connectivity index (χ0v) is 21.1. The quantitative estimate of drug-likeness (QED) is 0.383. The maximum atomic E-state index is 13.8. The summed E-state index contributed by atoms with van der Waals surface area (Å²) >= 11 is 0. The molecule has 0 amide bonds. The molecule has 2 aliphatic carbocycles. The standard InChI is InChI=1S/C28H35F3N4O.CH4/c1-17(2)10-26(36)23-5-3-4-19(23)12-25-24(28(29,30)31)13-32-27(34-25)33-22-9-8-20-15-35(14-18-6-7-18)16-21(20)11-22;/h8-9,11,13,17-19,23H,3-7,10,12,14-16H2,1-2H3,(H,32,33,34);1H4/t19-,23-;/m0./s1. The van der Waals surface area contributed by atoms with Crippen LogP contribution in [-0.2, 0) is 30.5 Å². The summed E-state index contributed by atoms with van der Waals surface area (Å²) < 4.78 is 41.5. The third-order valence-corrected chi connectivity index (χ3v) is 7.77. The Labute approximate surface area is 218 Å². The lowest BCUT2D eigenvalue weighted by Gasteiger charge is -2.21. The largest absolute Gasteiger partial charge is 0.419 e. The van der Waals surface area contributed by atoms with Gasteiger partial charge >= 0.3 is 6.18 Å². The monoisotopic (exact) mass is 516 g/mol. The molecule has 1 aliphatic heterocycles. The number of nitrogens with one attached hydrogen (secondary N) is 1. The molecule has 2 saturated carbocycles. The van der Waals surface area contributed by atoms with Crippen LogP contribution in [0.4, 0.5) is 24.8 Å². The molecular weight excluding hydrogens is 477 g/mol. The minimum absolute atomic E-state index is 0. The summed E-state index contributed by atoms with van der Waals surface area (Å²) in [6.07, 6.45) is 1.96. The molecule has 2 atom stereocenters. The van der Waals surface area contributed by atoms with Crippen molar-refractivity contribution in [2.45, 2.75) is 85.5 Å². The normalized spacial score (nSPS) is 21.7. The van der Waals surface area contributed by atoms with Gasteiger partial charge in [0.25, 0.3) is 0 Å². The number of aromatic nitrogens is 2. The fourth-order valence-corrected chi connectivity index (χ4v) is 5.84. The fourth-order valence-electron chi connectivity index (χ4n) is 5.84. The SMILES string of the molecule is C.CC(C)CC(=O)[C@H]1CCC[C@H]1Cc1nc(Nc2ccc3c(c2)CN(CC2CC2)C3)ncc1C(F)(F)F. The van der Waals surface area contributed by atoms with E-state index in [1.54, 1.807) is 0 Å². The maximum absolute atomic E-state index is 13.8. The Hall–Kier alpha value is -2.48. The minimum Gasteiger partial charge on any atom is -0.324 e. The number of carbonyl (C=O) groups excluding carboxylic acids is 1. The Balaban J connectivity index is 0.00000320. The van der Waals surface area contributed by atoms with Gasteiger partial charge in [0.15, 0.2) is 0 Å². The summed E-state index contributed by atoms with van der Waals surface area (Å²) in [7, 11) is 0. The van der Waals surface area contributed by atoms with E-state index >= 15 is 0 Å². The molecule has 0 radical (unpaired) electrons. The topological polar surface area (TPSA) is 58.1 Å². The van der Waals surface area contributed by atoms with E-state index in [0.29, 0.717) is 6.42 Å². The van der Waals surface area contributed by atoms with Crippen molar-refractivity contribution in [2.24, 2.45) is 23.7 Å². The molecule has 2 heterocycles. The number of anilines is 2. The number of benzene rings is 1. The van der Waals surface area contributed by atoms with Gasteiger partial charge in [-0.2, -0.15) is 13.2 Å². The van der Waals surface area contributed by atoms with Crippen LogP contribution < -0.4 is 5.32 Å². The van der Waals surface area contributed by atoms with Gasteiger partial charge in [-0.05, 0) is 73.1 Å². The van der Waals surface area contributed by atoms with Crippen molar-refractivity contribution < 1.29 is 18.0 Å². The molecule has 0 saturated heterocycles. The molecule has 2 aromatic rings. The van der Waals surface area contributed by atoms with Gasteiger partial charge in [-0.3, -0.25) is 9.69 Å². The second-order valence-corrected chi connectivity index (χ2v) is 11.3. The molecule has 8 heteroatoms. The highest BCUT2D eigenvalue weighted by Crippen LogP contribution is 2.39. The summed E-state index contributed by atoms with van der Waals surface area (Å²) in [6, 6.07) is 6.08. The van der Waals surface area contributed by atoms with E-state index in [9.17, 15) is 18.0 Å². The molecule has 1 N–H and O–H groups in total. The lowest BCUT2D eigenvalue weighted by atomic mass is 9.84. The molecule has 5 nitrogen and oxygen atoms in total. The Bertz CT molecular complexity index is 1110. The van der Waals surface area contributed by atoms with Crippen LogP contribution in [0.5, 0.6) is 0 Å². The number of nitrogens with zero attached hydrogens (tertiary/aromatic N) is 3. The first-order chi connectivity index (χ1) is 17.2. The Kier molecular flexibility index (Phi) is 8.26. The Morgan fingerprint density at radius 1 is 1.14 bits per heavy atom. The average molecular weight is 517 g/mol. The number of halogens is 3. The van der Waals surface area contributed by atoms with E-state index in [1.165, 1.54) is 24.0 Å². The first-order valence-electron chi connectivity index (χ1n) is 13.2. The van der Waals surface area contributed by atoms with Gasteiger partial charge in [-0.25, -0.2) is 9.97 Å². The number of ketones is 1. The van der Waals surface area contributed by atoms with Crippen LogP contribution in [0.2, 0.25) is 0 Å². The smallest absolute Gasteiger partial charge is 0.324 e. The van der Waals surface area contributed by atoms with Gasteiger partial charge < -0.3 is 5.32 Å². The van der Waals surface area contributed by atoms with Gasteiger partial charge in [0, 0.05) is 43.9 Å². The van der Waals surface area contributed by atoms with Gasteiger partial charge in [-0.1, -0.05) is 33.8 Å². The third kappa shape index (κ3) is 6.70. The Morgan fingerprint density at radius 3 is 2.59 bits per heavy atom. The van der Waals surface area contributed by atoms with Crippen molar-refractivity contribution in [1.82, 2.24) is 14.9 Å². The molecular formula is C29H39F3N4O. The second-order valence-electron chi connectivity index (χ2n) is 11.3. The average Bonchev–Trinajstić information content (AvgIpc) is 3.32. The molecule has 0 bridgehead atoms. The van der Waals surface area contributed by atoms with Crippen molar-refractivity contribution >= 4 is 17.4 Å². The molecule has 0 unspecified atom stereocenters. The van der Waals surface area contributed by atoms with E-state index in [0.717, 1.165) is 56.7 Å². The van der Waals surface area contributed by atoms with Crippen molar-refractivity contribution in [3.05, 3.63) is 46.8 Å². The molecule has 5 rings (SSSR count). The van der Waals surface area contributed by atoms with Crippen molar-refractivity contribution in [3.63, 3.8) is 0 Å². The third-order valence-electron chi connectivity index (χ3n) is 7.77. The van der Waals surface area contributed by atoms with Crippen LogP contribution in [0, 0.1) is 23.7 Å². The first kappa shape index (κ1) is 27.6. The second kappa shape index (κ2) is 11.1. The van der Waals surface area contributed by atoms with Gasteiger partial charge in [-0.15, -0.1) is 0 Å². The van der Waals surface area contributed by atoms with E-state index in [-0.39, 0.29) is 49.0 Å². The molecule has 2 fully saturated rings. The number of carbonyl (C=O) groups is 1. The zero-order chi connectivity index (χ0) is 25.4. The van der Waals surface area contributed by atoms with Crippen LogP contribution >= 0.6 is 0 Å². The van der Waals surface area contributed by atoms with Crippen molar-refractivity contribution in [1.29, 1.82) is 0 Å². The predicted molar refractivity (Wildman–Crippen MR) is 139 cm³/mol. The van der Waals surface area contributed by atoms with Crippen molar-refractivity contribution in [3.8, 4) is 0 Å². The lowest BCUT2D eigenvalue weighted by Crippen LogP contribution is -2.24. The van der Waals surface area contributed by atoms with Gasteiger partial charge in [0.1, 0.15) is 5.78 Å². The molecule has 1 aromatic carbocycles. The van der Waals surface area contributed by atoms with E-state index in [2.05, 4.69) is 32.3 Å². The number of hydrogen-bond acceptors (Lipinski definition) is 5. The molecule has 1 aromatic heterocycles. The lowest BCUT2D eigenvalue weighted by molar-refractivity contribution is -0.138. The minimum atomic E-state index is -4.54. The molecule has 37 heavy (non-hydrogen) atoms. The van der Waals surface area contributed by atoms with Crippen LogP contribution in [0.25, 0.3) is 0 Å². The summed E-state index contributed by atoms with van der Waals surface area (Å²) in [5.41, 5.74) is 2.49. The summed E-state index contributed by atoms with van der Waals surface area (Å²) in [5, 5.41) is 3.13. The van der Waals surface area contributed by atoms with Crippen LogP contribution in [0.1, 0.15) is 82.2 Å². The van der Waals surface area contributed by atoms with E-state index in [1.807, 2.05) is 19.9 Å². The Morgan fingerprint density at radius 2 is 1.89 bits per heavy atom. The number of rotatable bonds is 9. The summed E-state index contributed by atoms with van der Waals surface area (Å²) in [5.74, 6) is 1.10. The fraction of sp³-hybridized carbons (Fsp3) is 0.621. The summed E-state index contributed by atoms with van der Waals surface area (Å²) in [6.45, 7) is 6.97. The number of alkyl halides is 3. The van der Waals surface area contributed by atoms with Crippen LogP contribution in [0.3, 0.4) is 0 Å². The molecule has 3 aliphatic rings. The van der Waals surface area contributed by atoms with Crippen LogP contribution in [-0.4, -0.2) is 27.2 Å². The van der Waals surface area contributed by atoms with Gasteiger partial charge in [0.05, 0.1) is 11.3 Å². The highest BCUT2D eigenvalue weighted by molar-refractivity contribution is 5.81. The first-order valence-corrected chi connectivity index (χ1v) is 13.2. The zero-order valence-electron chi connectivity index (χ0n) is 21.1. The number of hydrogen-bond donors (Lipinski definition) is 1. The molecule has 0 spiro atoms. The van der Waals surface area contributed by atoms with Crippen LogP contribution in [0.15, 0.2) is 24.4 Å². The van der Waals surface area contributed by atoms with Crippen molar-refractivity contribution in [2.75, 3.05) is 11.9 Å². The molecule has 202 valence electrons. The highest BCUT2D eigenvalue weighted by atomic mass is 19.4. The maximum Gasteiger partial charge on any atom is 0.419 e. The highest BCUT2D eigenvalue weighted by Gasteiger charge is 2.39. The van der Waals surface area contributed by atoms with Gasteiger partial charge in [0.2, 0.25) is 5.95 Å².